The summed E-state index contributed by atoms with van der Waals surface area (Å²) in [4.78, 5) is 39.1. The number of benzene rings is 1. The molecule has 1 N–H and O–H groups in total. The number of esters is 1. The number of amides is 2. The molecule has 2 amide bonds. The van der Waals surface area contributed by atoms with Crippen LogP contribution in [0.3, 0.4) is 0 Å². The fourth-order valence-corrected chi connectivity index (χ4v) is 4.19. The predicted octanol–water partition coefficient (Wildman–Crippen LogP) is 3.00. The Morgan fingerprint density at radius 1 is 1.28 bits per heavy atom. The predicted molar refractivity (Wildman–Crippen MR) is 98.4 cm³/mol. The van der Waals surface area contributed by atoms with Crippen LogP contribution >= 0.6 is 23.1 Å². The lowest BCUT2D eigenvalue weighted by atomic mass is 10.2. The zero-order valence-corrected chi connectivity index (χ0v) is 15.1. The Bertz CT molecular complexity index is 818. The van der Waals surface area contributed by atoms with Gasteiger partial charge in [-0.3, -0.25) is 9.59 Å². The summed E-state index contributed by atoms with van der Waals surface area (Å²) in [6.45, 7) is 0.292. The number of carbonyl (C=O) groups is 3. The van der Waals surface area contributed by atoms with Crippen LogP contribution in [0.2, 0.25) is 0 Å². The van der Waals surface area contributed by atoms with Gasteiger partial charge in [0.15, 0.2) is 0 Å². The van der Waals surface area contributed by atoms with Crippen molar-refractivity contribution < 1.29 is 19.1 Å². The van der Waals surface area contributed by atoms with Gasteiger partial charge in [0.05, 0.1) is 24.2 Å². The van der Waals surface area contributed by atoms with E-state index in [2.05, 4.69) is 5.32 Å². The standard InChI is InChI=1S/C17H16N2O4S2/c1-23-17(22)16-11(7-9-24-16)18-14(20)6-8-19-12-4-2-3-5-13(12)25-10-15(19)21/h2-5,7,9H,6,8,10H2,1H3,(H,18,20). The van der Waals surface area contributed by atoms with Crippen LogP contribution in [-0.2, 0) is 14.3 Å². The summed E-state index contributed by atoms with van der Waals surface area (Å²) in [6, 6.07) is 9.31. The SMILES string of the molecule is COC(=O)c1sccc1NC(=O)CCN1C(=O)CSc2ccccc21. The quantitative estimate of drug-likeness (QED) is 0.812. The van der Waals surface area contributed by atoms with Gasteiger partial charge >= 0.3 is 5.97 Å². The lowest BCUT2D eigenvalue weighted by Crippen LogP contribution is -2.37. The van der Waals surface area contributed by atoms with E-state index in [0.29, 0.717) is 22.9 Å². The first-order valence-corrected chi connectivity index (χ1v) is 9.44. The molecule has 1 aromatic carbocycles. The van der Waals surface area contributed by atoms with Crippen molar-refractivity contribution in [1.29, 1.82) is 0 Å². The molecule has 6 nitrogen and oxygen atoms in total. The van der Waals surface area contributed by atoms with E-state index in [1.54, 1.807) is 16.3 Å². The Morgan fingerprint density at radius 3 is 2.88 bits per heavy atom. The largest absolute Gasteiger partial charge is 0.465 e. The lowest BCUT2D eigenvalue weighted by molar-refractivity contribution is -0.117. The van der Waals surface area contributed by atoms with Crippen molar-refractivity contribution in [1.82, 2.24) is 0 Å². The van der Waals surface area contributed by atoms with Crippen LogP contribution in [-0.4, -0.2) is 37.2 Å². The van der Waals surface area contributed by atoms with Gasteiger partial charge < -0.3 is 15.0 Å². The van der Waals surface area contributed by atoms with Gasteiger partial charge in [0.25, 0.3) is 0 Å². The van der Waals surface area contributed by atoms with E-state index in [1.165, 1.54) is 30.2 Å². The summed E-state index contributed by atoms with van der Waals surface area (Å²) in [6.07, 6.45) is 0.140. The molecule has 0 fully saturated rings. The molecule has 0 radical (unpaired) electrons. The van der Waals surface area contributed by atoms with E-state index in [0.717, 1.165) is 10.6 Å². The number of thiophene rings is 1. The van der Waals surface area contributed by atoms with Crippen molar-refractivity contribution in [2.24, 2.45) is 0 Å². The maximum absolute atomic E-state index is 12.2. The Labute approximate surface area is 153 Å². The molecule has 8 heteroatoms. The highest BCUT2D eigenvalue weighted by Crippen LogP contribution is 2.35. The van der Waals surface area contributed by atoms with Gasteiger partial charge in [0.2, 0.25) is 11.8 Å². The molecule has 0 aliphatic carbocycles. The minimum atomic E-state index is -0.484. The van der Waals surface area contributed by atoms with Crippen LogP contribution in [0.5, 0.6) is 0 Å². The van der Waals surface area contributed by atoms with Crippen LogP contribution in [0.15, 0.2) is 40.6 Å². The van der Waals surface area contributed by atoms with Gasteiger partial charge in [-0.2, -0.15) is 0 Å². The van der Waals surface area contributed by atoms with Crippen molar-refractivity contribution in [2.45, 2.75) is 11.3 Å². The molecule has 130 valence electrons. The highest BCUT2D eigenvalue weighted by atomic mass is 32.2. The van der Waals surface area contributed by atoms with Crippen molar-refractivity contribution in [3.63, 3.8) is 0 Å². The van der Waals surface area contributed by atoms with Gasteiger partial charge in [-0.25, -0.2) is 4.79 Å². The molecule has 1 aliphatic rings. The molecule has 2 heterocycles. The number of rotatable bonds is 5. The van der Waals surface area contributed by atoms with Gasteiger partial charge in [0, 0.05) is 17.9 Å². The Morgan fingerprint density at radius 2 is 2.08 bits per heavy atom. The van der Waals surface area contributed by atoms with E-state index >= 15 is 0 Å². The molecule has 1 aromatic heterocycles. The molecule has 3 rings (SSSR count). The molecule has 1 aliphatic heterocycles. The number of methoxy groups -OCH3 is 1. The van der Waals surface area contributed by atoms with E-state index in [-0.39, 0.29) is 18.2 Å². The van der Waals surface area contributed by atoms with E-state index in [9.17, 15) is 14.4 Å². The summed E-state index contributed by atoms with van der Waals surface area (Å²) >= 11 is 2.71. The highest BCUT2D eigenvalue weighted by Gasteiger charge is 2.25. The number of anilines is 2. The first kappa shape index (κ1) is 17.5. The number of thioether (sulfide) groups is 1. The zero-order chi connectivity index (χ0) is 17.8. The van der Waals surface area contributed by atoms with Crippen molar-refractivity contribution in [2.75, 3.05) is 29.6 Å². The lowest BCUT2D eigenvalue weighted by Gasteiger charge is -2.28. The number of carbonyl (C=O) groups excluding carboxylic acids is 3. The Hall–Kier alpha value is -2.32. The summed E-state index contributed by atoms with van der Waals surface area (Å²) in [5, 5.41) is 4.42. The molecular weight excluding hydrogens is 360 g/mol. The fourth-order valence-electron chi connectivity index (χ4n) is 2.48. The third-order valence-corrected chi connectivity index (χ3v) is 5.62. The maximum Gasteiger partial charge on any atom is 0.350 e. The van der Waals surface area contributed by atoms with E-state index in [1.807, 2.05) is 24.3 Å². The van der Waals surface area contributed by atoms with E-state index < -0.39 is 5.97 Å². The van der Waals surface area contributed by atoms with Crippen LogP contribution < -0.4 is 10.2 Å². The number of nitrogens with one attached hydrogen (secondary N) is 1. The van der Waals surface area contributed by atoms with Crippen molar-refractivity contribution in [3.05, 3.63) is 40.6 Å². The highest BCUT2D eigenvalue weighted by molar-refractivity contribution is 8.00. The molecule has 0 atom stereocenters. The number of ether oxygens (including phenoxy) is 1. The van der Waals surface area contributed by atoms with Crippen molar-refractivity contribution >= 4 is 52.3 Å². The van der Waals surface area contributed by atoms with Crippen LogP contribution in [0.1, 0.15) is 16.1 Å². The van der Waals surface area contributed by atoms with Gasteiger partial charge in [-0.1, -0.05) is 12.1 Å². The molecule has 2 aromatic rings. The summed E-state index contributed by atoms with van der Waals surface area (Å²) < 4.78 is 4.69. The first-order valence-electron chi connectivity index (χ1n) is 7.58. The van der Waals surface area contributed by atoms with Crippen LogP contribution in [0, 0.1) is 0 Å². The second-order valence-electron chi connectivity index (χ2n) is 5.25. The number of nitrogens with zero attached hydrogens (tertiary/aromatic N) is 1. The molecular formula is C17H16N2O4S2. The number of para-hydroxylation sites is 1. The maximum atomic E-state index is 12.2. The van der Waals surface area contributed by atoms with E-state index in [4.69, 9.17) is 4.74 Å². The van der Waals surface area contributed by atoms with Crippen molar-refractivity contribution in [3.8, 4) is 0 Å². The number of hydrogen-bond acceptors (Lipinski definition) is 6. The second kappa shape index (κ2) is 7.71. The third kappa shape index (κ3) is 3.85. The van der Waals surface area contributed by atoms with Gasteiger partial charge in [-0.15, -0.1) is 23.1 Å². The Kier molecular flexibility index (Phi) is 5.40. The molecule has 0 saturated carbocycles. The molecule has 25 heavy (non-hydrogen) atoms. The number of fused-ring (bicyclic) bond motifs is 1. The molecule has 0 saturated heterocycles. The second-order valence-corrected chi connectivity index (χ2v) is 7.19. The smallest absolute Gasteiger partial charge is 0.350 e. The number of hydrogen-bond donors (Lipinski definition) is 1. The first-order chi connectivity index (χ1) is 12.1. The normalized spacial score (nSPS) is 13.3. The third-order valence-electron chi connectivity index (χ3n) is 3.68. The molecule has 0 bridgehead atoms. The zero-order valence-electron chi connectivity index (χ0n) is 13.5. The average molecular weight is 376 g/mol. The van der Waals surface area contributed by atoms with Gasteiger partial charge in [-0.05, 0) is 23.6 Å². The van der Waals surface area contributed by atoms with Crippen LogP contribution in [0.25, 0.3) is 0 Å². The summed E-state index contributed by atoms with van der Waals surface area (Å²) in [5.74, 6) is -0.382. The fraction of sp³-hybridized carbons (Fsp3) is 0.235. The minimum Gasteiger partial charge on any atom is -0.465 e. The monoisotopic (exact) mass is 376 g/mol. The average Bonchev–Trinajstić information content (AvgIpc) is 3.08. The topological polar surface area (TPSA) is 75.7 Å². The minimum absolute atomic E-state index is 0.0118. The summed E-state index contributed by atoms with van der Waals surface area (Å²) in [7, 11) is 1.30. The molecule has 0 spiro atoms. The Balaban J connectivity index is 1.64. The molecule has 0 unspecified atom stereocenters. The van der Waals surface area contributed by atoms with Crippen LogP contribution in [0.4, 0.5) is 11.4 Å². The van der Waals surface area contributed by atoms with Gasteiger partial charge in [0.1, 0.15) is 4.88 Å². The summed E-state index contributed by atoms with van der Waals surface area (Å²) in [5.41, 5.74) is 1.27.